The highest BCUT2D eigenvalue weighted by atomic mass is 31.0. The van der Waals surface area contributed by atoms with Crippen molar-refractivity contribution < 1.29 is 109 Å². The van der Waals surface area contributed by atoms with Gasteiger partial charge in [-0.05, 0) is 0 Å². The van der Waals surface area contributed by atoms with Crippen LogP contribution in [0.5, 0.6) is 0 Å². The van der Waals surface area contributed by atoms with Gasteiger partial charge in [-0.3, -0.25) is 24.0 Å². The van der Waals surface area contributed by atoms with Crippen molar-refractivity contribution in [3.8, 4) is 0 Å². The van der Waals surface area contributed by atoms with Crippen LogP contribution in [-0.4, -0.2) is 172 Å². The number of amides is 1. The predicted molar refractivity (Wildman–Crippen MR) is 229 cm³/mol. The van der Waals surface area contributed by atoms with E-state index in [1.807, 2.05) is 18.9 Å². The van der Waals surface area contributed by atoms with E-state index in [4.69, 9.17) is 74.7 Å². The van der Waals surface area contributed by atoms with Crippen LogP contribution in [0.25, 0.3) is 0 Å². The molecule has 3 aliphatic heterocycles. The zero-order valence-electron chi connectivity index (χ0n) is 35.8. The maximum absolute atomic E-state index is 14.3. The Morgan fingerprint density at radius 3 is 1.91 bits per heavy atom. The number of carbonyl (C=O) groups excluding carboxylic acids is 6. The molecule has 0 aromatic heterocycles. The van der Waals surface area contributed by atoms with Crippen molar-refractivity contribution >= 4 is 83.1 Å². The number of aliphatic hydroxyl groups excluding tert-OH is 1. The fourth-order valence-electron chi connectivity index (χ4n) is 7.27. The minimum Gasteiger partial charge on any atom is -0.465 e. The zero-order chi connectivity index (χ0) is 47.9. The van der Waals surface area contributed by atoms with E-state index in [2.05, 4.69) is 40.3 Å². The number of methoxy groups -OCH3 is 1. The first-order chi connectivity index (χ1) is 30.3. The van der Waals surface area contributed by atoms with Gasteiger partial charge in [0.05, 0.1) is 39.4 Å². The molecule has 29 heteroatoms. The van der Waals surface area contributed by atoms with Crippen molar-refractivity contribution in [3.63, 3.8) is 0 Å². The lowest BCUT2D eigenvalue weighted by molar-refractivity contribution is -0.380. The number of hydrogen-bond donors (Lipinski definition) is 2. The standard InChI is InChI=1S/C35H58NO23P5/c1-8-9-45-32-31(59-64)29(57-62)26(22(53-32)13-48-61)54-33-30(58-63)28(24(42)20(52-33)12-47-60)56-35(34(43)44-7)10-19(49-16(4)39)23(36-14(2)37)27(55-35)25(51-18(6)41)21(50-17(5)40)11-46-15(3)38/h8,19-33,42H,1,9-13,60-64H2,2-7H3,(H,36,37)/t19-,20?,21+,22?,23+,24-,25+,26+,27?,28?,29?,30-,31-,32+,33-,35-/m0/s1. The fraction of sp³-hybridized carbons (Fsp3) is 0.771. The van der Waals surface area contributed by atoms with Gasteiger partial charge in [-0.1, -0.05) is 6.08 Å². The predicted octanol–water partition coefficient (Wildman–Crippen LogP) is -0.569. The van der Waals surface area contributed by atoms with Crippen molar-refractivity contribution in [2.75, 3.05) is 33.5 Å². The van der Waals surface area contributed by atoms with Crippen LogP contribution in [0.2, 0.25) is 0 Å². The summed E-state index contributed by atoms with van der Waals surface area (Å²) >= 11 is 0. The maximum Gasteiger partial charge on any atom is 0.366 e. The van der Waals surface area contributed by atoms with Crippen molar-refractivity contribution in [3.05, 3.63) is 12.7 Å². The molecular formula is C35H58NO23P5. The lowest BCUT2D eigenvalue weighted by Crippen LogP contribution is -2.71. The van der Waals surface area contributed by atoms with Crippen LogP contribution in [0.4, 0.5) is 0 Å². The van der Waals surface area contributed by atoms with E-state index in [9.17, 15) is 33.9 Å². The first-order valence-electron chi connectivity index (χ1n) is 19.3. The average molecular weight is 1020 g/mol. The van der Waals surface area contributed by atoms with Gasteiger partial charge in [0.25, 0.3) is 5.79 Å². The minimum atomic E-state index is -2.79. The Morgan fingerprint density at radius 2 is 1.39 bits per heavy atom. The number of nitrogens with one attached hydrogen (secondary N) is 1. The third kappa shape index (κ3) is 15.1. The van der Waals surface area contributed by atoms with Crippen molar-refractivity contribution in [1.29, 1.82) is 0 Å². The molecule has 21 atom stereocenters. The minimum absolute atomic E-state index is 0.0774. The second-order valence-corrected chi connectivity index (χ2v) is 15.8. The molecule has 1 amide bonds. The number of carbonyl (C=O) groups is 6. The molecule has 0 saturated carbocycles. The summed E-state index contributed by atoms with van der Waals surface area (Å²) in [5.74, 6) is -8.50. The molecular weight excluding hydrogens is 957 g/mol. The average Bonchev–Trinajstić information content (AvgIpc) is 3.22. The van der Waals surface area contributed by atoms with Crippen LogP contribution < -0.4 is 5.32 Å². The Hall–Kier alpha value is -1.77. The Labute approximate surface area is 381 Å². The Balaban J connectivity index is 2.27. The van der Waals surface area contributed by atoms with Gasteiger partial charge in [0.15, 0.2) is 24.8 Å². The Bertz CT molecular complexity index is 1590. The number of ether oxygens (including phenoxy) is 11. The van der Waals surface area contributed by atoms with E-state index in [-0.39, 0.29) is 19.8 Å². The van der Waals surface area contributed by atoms with Gasteiger partial charge >= 0.3 is 29.8 Å². The van der Waals surface area contributed by atoms with Crippen LogP contribution in [0.3, 0.4) is 0 Å². The molecule has 2 N–H and O–H groups in total. The monoisotopic (exact) mass is 1020 g/mol. The fourth-order valence-corrected chi connectivity index (χ4v) is 8.53. The third-order valence-electron chi connectivity index (χ3n) is 9.69. The topological polar surface area (TPSA) is 282 Å². The van der Waals surface area contributed by atoms with E-state index in [1.165, 1.54) is 6.08 Å². The highest BCUT2D eigenvalue weighted by molar-refractivity contribution is 7.10. The molecule has 24 nitrogen and oxygen atoms in total. The Kier molecular flexibility index (Phi) is 24.1. The van der Waals surface area contributed by atoms with Crippen LogP contribution in [-0.2, 0) is 103 Å². The van der Waals surface area contributed by atoms with Gasteiger partial charge in [0.1, 0.15) is 67.6 Å². The summed E-state index contributed by atoms with van der Waals surface area (Å²) in [7, 11) is 11.3. The van der Waals surface area contributed by atoms with Crippen LogP contribution in [0.1, 0.15) is 41.0 Å². The van der Waals surface area contributed by atoms with Gasteiger partial charge < -0.3 is 85.1 Å². The quantitative estimate of drug-likeness (QED) is 0.0561. The largest absolute Gasteiger partial charge is 0.465 e. The van der Waals surface area contributed by atoms with Crippen LogP contribution in [0, 0.1) is 0 Å². The molecule has 0 radical (unpaired) electrons. The van der Waals surface area contributed by atoms with Gasteiger partial charge in [-0.15, -0.1) is 6.58 Å². The molecule has 0 aromatic rings. The second kappa shape index (κ2) is 27.3. The van der Waals surface area contributed by atoms with Crippen molar-refractivity contribution in [2.45, 2.75) is 139 Å². The summed E-state index contributed by atoms with van der Waals surface area (Å²) in [5, 5.41) is 14.5. The molecule has 366 valence electrons. The third-order valence-corrected chi connectivity index (χ3v) is 11.0. The second-order valence-electron chi connectivity index (χ2n) is 14.3. The smallest absolute Gasteiger partial charge is 0.366 e. The molecule has 3 aliphatic rings. The van der Waals surface area contributed by atoms with E-state index in [1.54, 1.807) is 0 Å². The van der Waals surface area contributed by atoms with Gasteiger partial charge in [-0.2, -0.15) is 0 Å². The lowest BCUT2D eigenvalue weighted by Gasteiger charge is -2.52. The number of hydrogen-bond acceptors (Lipinski definition) is 23. The van der Waals surface area contributed by atoms with Crippen molar-refractivity contribution in [1.82, 2.24) is 5.32 Å². The summed E-state index contributed by atoms with van der Waals surface area (Å²) in [6.07, 6.45) is -19.3. The summed E-state index contributed by atoms with van der Waals surface area (Å²) in [5.41, 5.74) is 0. The molecule has 0 bridgehead atoms. The highest BCUT2D eigenvalue weighted by Gasteiger charge is 2.63. The molecule has 3 rings (SSSR count). The van der Waals surface area contributed by atoms with E-state index < -0.39 is 146 Å². The maximum atomic E-state index is 14.3. The SMILES string of the molecule is C=CCO[C@@H]1OC(COP)[C@@H](O[C@@H]2OC(COP)[C@H](O)C(O[C@]3(C(=O)OC)C[C@H](OC(C)=O)[C@@H](NC(C)=O)C([C@H](OC(C)=O)[C@@H](COC(C)=O)OC(C)=O)O3)[C@@H]2OP)C(OP)[C@@H]1OP. The van der Waals surface area contributed by atoms with Crippen molar-refractivity contribution in [2.24, 2.45) is 0 Å². The van der Waals surface area contributed by atoms with Gasteiger partial charge in [0, 0.05) is 82.0 Å². The van der Waals surface area contributed by atoms with Crippen LogP contribution in [0.15, 0.2) is 12.7 Å². The molecule has 64 heavy (non-hydrogen) atoms. The zero-order valence-corrected chi connectivity index (χ0v) is 41.6. The summed E-state index contributed by atoms with van der Waals surface area (Å²) in [6, 6.07) is -1.51. The lowest BCUT2D eigenvalue weighted by atomic mass is 9.87. The molecule has 3 heterocycles. The molecule has 0 spiro atoms. The van der Waals surface area contributed by atoms with Gasteiger partial charge in [0.2, 0.25) is 5.91 Å². The highest BCUT2D eigenvalue weighted by Crippen LogP contribution is 2.42. The van der Waals surface area contributed by atoms with Gasteiger partial charge in [-0.25, -0.2) is 4.79 Å². The van der Waals surface area contributed by atoms with E-state index in [0.29, 0.717) is 0 Å². The summed E-state index contributed by atoms with van der Waals surface area (Å²) in [6.45, 7) is 7.76. The van der Waals surface area contributed by atoms with E-state index in [0.717, 1.165) is 41.7 Å². The molecule has 0 aliphatic carbocycles. The van der Waals surface area contributed by atoms with Crippen LogP contribution >= 0.6 is 47.3 Å². The number of esters is 5. The van der Waals surface area contributed by atoms with E-state index >= 15 is 0 Å². The number of rotatable bonds is 23. The molecule has 3 fully saturated rings. The summed E-state index contributed by atoms with van der Waals surface area (Å²) < 4.78 is 92.6. The molecule has 3 saturated heterocycles. The first-order valence-corrected chi connectivity index (χ1v) is 21.6. The normalized spacial score (nSPS) is 33.7. The summed E-state index contributed by atoms with van der Waals surface area (Å²) in [4.78, 5) is 76.9. The molecule has 10 unspecified atom stereocenters. The Morgan fingerprint density at radius 1 is 0.797 bits per heavy atom. The first kappa shape index (κ1) is 56.6. The number of aliphatic hydroxyl groups is 1. The molecule has 0 aromatic carbocycles.